The van der Waals surface area contributed by atoms with Crippen LogP contribution < -0.4 is 10.6 Å². The number of pyridine rings is 2. The van der Waals surface area contributed by atoms with Crippen molar-refractivity contribution in [3.63, 3.8) is 0 Å². The molecule has 4 nitrogen and oxygen atoms in total. The van der Waals surface area contributed by atoms with Crippen LogP contribution in [-0.2, 0) is 6.54 Å². The molecule has 0 bridgehead atoms. The van der Waals surface area contributed by atoms with Gasteiger partial charge in [0.2, 0.25) is 0 Å². The Labute approximate surface area is 109 Å². The van der Waals surface area contributed by atoms with Gasteiger partial charge in [0.15, 0.2) is 23.3 Å². The van der Waals surface area contributed by atoms with Gasteiger partial charge in [0, 0.05) is 31.5 Å². The Morgan fingerprint density at radius 1 is 1.21 bits per heavy atom. The van der Waals surface area contributed by atoms with Crippen LogP contribution in [0, 0.1) is 11.6 Å². The molecule has 0 saturated heterocycles. The lowest BCUT2D eigenvalue weighted by Crippen LogP contribution is -2.25. The van der Waals surface area contributed by atoms with Crippen molar-refractivity contribution in [1.82, 2.24) is 9.97 Å². The molecular weight excluding hydrogens is 250 g/mol. The number of nitrogens with two attached hydrogens (primary N) is 1. The second kappa shape index (κ2) is 5.60. The molecule has 0 radical (unpaired) electrons. The van der Waals surface area contributed by atoms with Crippen LogP contribution in [-0.4, -0.2) is 16.5 Å². The van der Waals surface area contributed by atoms with E-state index in [2.05, 4.69) is 9.97 Å². The molecule has 2 aromatic rings. The average molecular weight is 264 g/mol. The summed E-state index contributed by atoms with van der Waals surface area (Å²) in [6, 6.07) is 4.41. The molecule has 19 heavy (non-hydrogen) atoms. The first-order valence-electron chi connectivity index (χ1n) is 5.87. The molecule has 0 aliphatic rings. The highest BCUT2D eigenvalue weighted by atomic mass is 19.1. The predicted octanol–water partition coefficient (Wildman–Crippen LogP) is 2.36. The van der Waals surface area contributed by atoms with Gasteiger partial charge in [-0.1, -0.05) is 0 Å². The van der Waals surface area contributed by atoms with E-state index in [4.69, 9.17) is 5.73 Å². The number of hydrogen-bond donors (Lipinski definition) is 1. The zero-order valence-electron chi connectivity index (χ0n) is 10.5. The molecule has 100 valence electrons. The molecule has 0 aliphatic carbocycles. The number of hydrogen-bond acceptors (Lipinski definition) is 4. The minimum Gasteiger partial charge on any atom is -0.381 e. The van der Waals surface area contributed by atoms with E-state index in [0.29, 0.717) is 13.1 Å². The van der Waals surface area contributed by atoms with Crippen LogP contribution in [0.2, 0.25) is 0 Å². The normalized spacial score (nSPS) is 10.5. The standard InChI is InChI=1S/C13H14F2N4/c1-2-19(8-9-3-5-17-6-4-9)13-11(15)7-10(14)12(16)18-13/h3-7H,2,8H2,1H3,(H2,16,18). The molecule has 6 heteroatoms. The van der Waals surface area contributed by atoms with Crippen molar-refractivity contribution in [3.05, 3.63) is 47.8 Å². The Bertz CT molecular complexity index is 560. The maximum Gasteiger partial charge on any atom is 0.168 e. The highest BCUT2D eigenvalue weighted by Gasteiger charge is 2.15. The van der Waals surface area contributed by atoms with Crippen LogP contribution in [0.15, 0.2) is 30.6 Å². The fourth-order valence-electron chi connectivity index (χ4n) is 1.74. The first kappa shape index (κ1) is 13.2. The van der Waals surface area contributed by atoms with Crippen LogP contribution in [0.25, 0.3) is 0 Å². The molecule has 0 fully saturated rings. The van der Waals surface area contributed by atoms with E-state index in [-0.39, 0.29) is 11.6 Å². The van der Waals surface area contributed by atoms with E-state index in [0.717, 1.165) is 11.6 Å². The van der Waals surface area contributed by atoms with Gasteiger partial charge >= 0.3 is 0 Å². The van der Waals surface area contributed by atoms with E-state index in [1.54, 1.807) is 17.3 Å². The number of halogens is 2. The second-order valence-electron chi connectivity index (χ2n) is 4.03. The van der Waals surface area contributed by atoms with Gasteiger partial charge in [0.25, 0.3) is 0 Å². The zero-order chi connectivity index (χ0) is 13.8. The average Bonchev–Trinajstić information content (AvgIpc) is 2.42. The van der Waals surface area contributed by atoms with Gasteiger partial charge in [0.05, 0.1) is 0 Å². The Morgan fingerprint density at radius 3 is 2.53 bits per heavy atom. The van der Waals surface area contributed by atoms with Gasteiger partial charge in [-0.2, -0.15) is 0 Å². The minimum absolute atomic E-state index is 0.0539. The van der Waals surface area contributed by atoms with E-state index < -0.39 is 11.6 Å². The van der Waals surface area contributed by atoms with Gasteiger partial charge < -0.3 is 10.6 Å². The molecule has 0 saturated carbocycles. The summed E-state index contributed by atoms with van der Waals surface area (Å²) < 4.78 is 26.9. The fraction of sp³-hybridized carbons (Fsp3) is 0.231. The van der Waals surface area contributed by atoms with Crippen LogP contribution in [0.5, 0.6) is 0 Å². The maximum absolute atomic E-state index is 13.8. The van der Waals surface area contributed by atoms with Crippen molar-refractivity contribution < 1.29 is 8.78 Å². The van der Waals surface area contributed by atoms with Crippen LogP contribution in [0.4, 0.5) is 20.4 Å². The third-order valence-corrected chi connectivity index (χ3v) is 2.74. The summed E-state index contributed by atoms with van der Waals surface area (Å²) in [5.41, 5.74) is 6.35. The lowest BCUT2D eigenvalue weighted by molar-refractivity contribution is 0.571. The maximum atomic E-state index is 13.8. The van der Waals surface area contributed by atoms with Gasteiger partial charge in [-0.25, -0.2) is 13.8 Å². The van der Waals surface area contributed by atoms with Crippen molar-refractivity contribution in [2.24, 2.45) is 0 Å². The number of aromatic nitrogens is 2. The van der Waals surface area contributed by atoms with E-state index >= 15 is 0 Å². The topological polar surface area (TPSA) is 55.0 Å². The van der Waals surface area contributed by atoms with Crippen molar-refractivity contribution in [2.75, 3.05) is 17.2 Å². The van der Waals surface area contributed by atoms with Crippen molar-refractivity contribution in [1.29, 1.82) is 0 Å². The van der Waals surface area contributed by atoms with Crippen LogP contribution in [0.1, 0.15) is 12.5 Å². The summed E-state index contributed by atoms with van der Waals surface area (Å²) in [5, 5.41) is 0. The third kappa shape index (κ3) is 2.96. The van der Waals surface area contributed by atoms with E-state index in [1.165, 1.54) is 0 Å². The molecule has 2 heterocycles. The minimum atomic E-state index is -0.846. The number of anilines is 2. The summed E-state index contributed by atoms with van der Waals surface area (Å²) in [6.07, 6.45) is 3.32. The third-order valence-electron chi connectivity index (χ3n) is 2.74. The van der Waals surface area contributed by atoms with Crippen molar-refractivity contribution >= 4 is 11.6 Å². The van der Waals surface area contributed by atoms with E-state index in [1.807, 2.05) is 19.1 Å². The highest BCUT2D eigenvalue weighted by molar-refractivity contribution is 5.47. The first-order valence-corrected chi connectivity index (χ1v) is 5.87. The van der Waals surface area contributed by atoms with Gasteiger partial charge in [-0.15, -0.1) is 0 Å². The Morgan fingerprint density at radius 2 is 1.89 bits per heavy atom. The summed E-state index contributed by atoms with van der Waals surface area (Å²) >= 11 is 0. The molecule has 0 aliphatic heterocycles. The Hall–Kier alpha value is -2.24. The molecule has 0 unspecified atom stereocenters. The second-order valence-corrected chi connectivity index (χ2v) is 4.03. The molecule has 0 amide bonds. The first-order chi connectivity index (χ1) is 9.11. The molecule has 0 atom stereocenters. The summed E-state index contributed by atoms with van der Waals surface area (Å²) in [5.74, 6) is -1.81. The monoisotopic (exact) mass is 264 g/mol. The molecule has 0 spiro atoms. The lowest BCUT2D eigenvalue weighted by Gasteiger charge is -2.22. The largest absolute Gasteiger partial charge is 0.381 e. The predicted molar refractivity (Wildman–Crippen MR) is 69.5 cm³/mol. The molecular formula is C13H14F2N4. The number of nitrogens with zero attached hydrogens (tertiary/aromatic N) is 3. The van der Waals surface area contributed by atoms with Gasteiger partial charge in [-0.05, 0) is 24.6 Å². The van der Waals surface area contributed by atoms with Crippen LogP contribution in [0.3, 0.4) is 0 Å². The summed E-state index contributed by atoms with van der Waals surface area (Å²) in [7, 11) is 0. The molecule has 0 aromatic carbocycles. The highest BCUT2D eigenvalue weighted by Crippen LogP contribution is 2.22. The lowest BCUT2D eigenvalue weighted by atomic mass is 10.2. The SMILES string of the molecule is CCN(Cc1ccncc1)c1nc(N)c(F)cc1F. The van der Waals surface area contributed by atoms with Crippen molar-refractivity contribution in [3.8, 4) is 0 Å². The van der Waals surface area contributed by atoms with E-state index in [9.17, 15) is 8.78 Å². The van der Waals surface area contributed by atoms with Crippen molar-refractivity contribution in [2.45, 2.75) is 13.5 Å². The van der Waals surface area contributed by atoms with Crippen LogP contribution >= 0.6 is 0 Å². The van der Waals surface area contributed by atoms with Gasteiger partial charge in [0.1, 0.15) is 0 Å². The zero-order valence-corrected chi connectivity index (χ0v) is 10.5. The molecule has 2 aromatic heterocycles. The Balaban J connectivity index is 2.30. The molecule has 2 N–H and O–H groups in total. The fourth-order valence-corrected chi connectivity index (χ4v) is 1.74. The quantitative estimate of drug-likeness (QED) is 0.921. The number of nitrogen functional groups attached to an aromatic ring is 1. The Kier molecular flexibility index (Phi) is 3.89. The summed E-state index contributed by atoms with van der Waals surface area (Å²) in [6.45, 7) is 2.84. The summed E-state index contributed by atoms with van der Waals surface area (Å²) in [4.78, 5) is 9.38. The van der Waals surface area contributed by atoms with Gasteiger partial charge in [-0.3, -0.25) is 4.98 Å². The number of rotatable bonds is 4. The molecule has 2 rings (SSSR count). The smallest absolute Gasteiger partial charge is 0.168 e.